The number of hydrogen-bond acceptors (Lipinski definition) is 4. The number of rotatable bonds is 4. The summed E-state index contributed by atoms with van der Waals surface area (Å²) >= 11 is 5.70. The summed E-state index contributed by atoms with van der Waals surface area (Å²) in [6.45, 7) is 1.83. The Kier molecular flexibility index (Phi) is 3.70. The summed E-state index contributed by atoms with van der Waals surface area (Å²) in [5.74, 6) is 0.635. The van der Waals surface area contributed by atoms with Crippen molar-refractivity contribution >= 4 is 21.6 Å². The first kappa shape index (κ1) is 13.1. The Balaban J connectivity index is 2.10. The third-order valence-electron chi connectivity index (χ3n) is 2.24. The zero-order chi connectivity index (χ0) is 13.2. The Bertz CT molecular complexity index is 635. The molecule has 0 atom stereocenters. The average molecular weight is 287 g/mol. The number of nitrogens with zero attached hydrogens (tertiary/aromatic N) is 1. The highest BCUT2D eigenvalue weighted by Gasteiger charge is 2.14. The van der Waals surface area contributed by atoms with E-state index in [-0.39, 0.29) is 11.4 Å². The third-order valence-corrected chi connectivity index (χ3v) is 3.91. The Morgan fingerprint density at radius 1 is 1.33 bits per heavy atom. The molecule has 0 amide bonds. The first-order valence-corrected chi connectivity index (χ1v) is 7.01. The molecule has 0 aliphatic rings. The molecule has 1 aromatic carbocycles. The maximum absolute atomic E-state index is 11.9. The van der Waals surface area contributed by atoms with E-state index < -0.39 is 10.0 Å². The summed E-state index contributed by atoms with van der Waals surface area (Å²) in [5.41, 5.74) is 0.532. The smallest absolute Gasteiger partial charge is 0.240 e. The Morgan fingerprint density at radius 3 is 2.56 bits per heavy atom. The van der Waals surface area contributed by atoms with Crippen LogP contribution in [0.25, 0.3) is 0 Å². The van der Waals surface area contributed by atoms with Gasteiger partial charge in [0.1, 0.15) is 5.76 Å². The summed E-state index contributed by atoms with van der Waals surface area (Å²) in [6, 6.07) is 7.61. The topological polar surface area (TPSA) is 72.2 Å². The van der Waals surface area contributed by atoms with Crippen LogP contribution in [0.5, 0.6) is 0 Å². The van der Waals surface area contributed by atoms with Gasteiger partial charge in [0.15, 0.2) is 0 Å². The Morgan fingerprint density at radius 2 is 2.00 bits per heavy atom. The molecule has 2 rings (SSSR count). The molecule has 0 unspecified atom stereocenters. The quantitative estimate of drug-likeness (QED) is 0.934. The van der Waals surface area contributed by atoms with E-state index in [1.807, 2.05) is 0 Å². The third kappa shape index (κ3) is 3.10. The van der Waals surface area contributed by atoms with E-state index in [2.05, 4.69) is 9.88 Å². The van der Waals surface area contributed by atoms with Gasteiger partial charge < -0.3 is 4.52 Å². The van der Waals surface area contributed by atoms with Crippen LogP contribution in [0.15, 0.2) is 39.8 Å². The standard InChI is InChI=1S/C11H11ClN2O3S/c1-8-6-10(14-17-8)7-13-18(15,16)11-4-2-9(12)3-5-11/h2-6,13H,7H2,1H3. The molecule has 0 fully saturated rings. The molecular weight excluding hydrogens is 276 g/mol. The molecule has 1 aromatic heterocycles. The molecule has 0 aliphatic carbocycles. The first-order chi connectivity index (χ1) is 8.47. The van der Waals surface area contributed by atoms with Gasteiger partial charge in [-0.15, -0.1) is 0 Å². The molecule has 96 valence electrons. The molecule has 0 bridgehead atoms. The van der Waals surface area contributed by atoms with Crippen LogP contribution < -0.4 is 4.72 Å². The molecule has 0 saturated carbocycles. The van der Waals surface area contributed by atoms with Gasteiger partial charge in [0, 0.05) is 11.1 Å². The van der Waals surface area contributed by atoms with Gasteiger partial charge in [0.05, 0.1) is 17.1 Å². The number of benzene rings is 1. The van der Waals surface area contributed by atoms with Crippen molar-refractivity contribution < 1.29 is 12.9 Å². The second-order valence-corrected chi connectivity index (χ2v) is 5.91. The van der Waals surface area contributed by atoms with Crippen molar-refractivity contribution in [3.8, 4) is 0 Å². The Hall–Kier alpha value is -1.37. The first-order valence-electron chi connectivity index (χ1n) is 5.15. The number of halogens is 1. The highest BCUT2D eigenvalue weighted by Crippen LogP contribution is 2.14. The average Bonchev–Trinajstić information content (AvgIpc) is 2.73. The van der Waals surface area contributed by atoms with Crippen molar-refractivity contribution in [1.82, 2.24) is 9.88 Å². The summed E-state index contributed by atoms with van der Waals surface area (Å²) in [5, 5.41) is 4.19. The van der Waals surface area contributed by atoms with Crippen molar-refractivity contribution in [2.45, 2.75) is 18.4 Å². The lowest BCUT2D eigenvalue weighted by atomic mass is 10.4. The number of aromatic nitrogens is 1. The molecular formula is C11H11ClN2O3S. The zero-order valence-electron chi connectivity index (χ0n) is 9.55. The normalized spacial score (nSPS) is 11.7. The maximum atomic E-state index is 11.9. The van der Waals surface area contributed by atoms with Crippen molar-refractivity contribution in [1.29, 1.82) is 0 Å². The van der Waals surface area contributed by atoms with E-state index >= 15 is 0 Å². The van der Waals surface area contributed by atoms with E-state index in [1.165, 1.54) is 24.3 Å². The molecule has 5 nitrogen and oxygen atoms in total. The molecule has 1 heterocycles. The molecule has 7 heteroatoms. The molecule has 0 aliphatic heterocycles. The predicted molar refractivity (Wildman–Crippen MR) is 66.7 cm³/mol. The minimum Gasteiger partial charge on any atom is -0.361 e. The van der Waals surface area contributed by atoms with Crippen LogP contribution >= 0.6 is 11.6 Å². The molecule has 0 saturated heterocycles. The summed E-state index contributed by atoms with van der Waals surface area (Å²) in [6.07, 6.45) is 0. The summed E-state index contributed by atoms with van der Waals surface area (Å²) in [4.78, 5) is 0.159. The van der Waals surface area contributed by atoms with Gasteiger partial charge in [0.25, 0.3) is 0 Å². The van der Waals surface area contributed by atoms with Crippen molar-refractivity contribution in [3.63, 3.8) is 0 Å². The fourth-order valence-electron chi connectivity index (χ4n) is 1.37. The number of hydrogen-bond donors (Lipinski definition) is 1. The van der Waals surface area contributed by atoms with E-state index in [4.69, 9.17) is 16.1 Å². The van der Waals surface area contributed by atoms with Gasteiger partial charge >= 0.3 is 0 Å². The monoisotopic (exact) mass is 286 g/mol. The number of nitrogens with one attached hydrogen (secondary N) is 1. The molecule has 1 N–H and O–H groups in total. The van der Waals surface area contributed by atoms with Gasteiger partial charge in [-0.3, -0.25) is 0 Å². The van der Waals surface area contributed by atoms with Gasteiger partial charge in [-0.1, -0.05) is 16.8 Å². The van der Waals surface area contributed by atoms with E-state index in [0.29, 0.717) is 16.5 Å². The fraction of sp³-hybridized carbons (Fsp3) is 0.182. The number of aryl methyl sites for hydroxylation is 1. The van der Waals surface area contributed by atoms with Crippen LogP contribution in [0.4, 0.5) is 0 Å². The van der Waals surface area contributed by atoms with Gasteiger partial charge in [0.2, 0.25) is 10.0 Å². The largest absolute Gasteiger partial charge is 0.361 e. The molecule has 2 aromatic rings. The van der Waals surface area contributed by atoms with Crippen LogP contribution in [0.2, 0.25) is 5.02 Å². The SMILES string of the molecule is Cc1cc(CNS(=O)(=O)c2ccc(Cl)cc2)no1. The minimum atomic E-state index is -3.56. The van der Waals surface area contributed by atoms with E-state index in [9.17, 15) is 8.42 Å². The maximum Gasteiger partial charge on any atom is 0.240 e. The second-order valence-electron chi connectivity index (χ2n) is 3.71. The van der Waals surface area contributed by atoms with Gasteiger partial charge in [-0.2, -0.15) is 0 Å². The zero-order valence-corrected chi connectivity index (χ0v) is 11.1. The molecule has 18 heavy (non-hydrogen) atoms. The lowest BCUT2D eigenvalue weighted by molar-refractivity contribution is 0.390. The highest BCUT2D eigenvalue weighted by atomic mass is 35.5. The van der Waals surface area contributed by atoms with E-state index in [0.717, 1.165) is 0 Å². The lowest BCUT2D eigenvalue weighted by Gasteiger charge is -2.04. The minimum absolute atomic E-state index is 0.0856. The Labute approximate surface area is 110 Å². The second kappa shape index (κ2) is 5.09. The van der Waals surface area contributed by atoms with Crippen molar-refractivity contribution in [3.05, 3.63) is 46.8 Å². The lowest BCUT2D eigenvalue weighted by Crippen LogP contribution is -2.23. The molecule has 0 spiro atoms. The van der Waals surface area contributed by atoms with Crippen LogP contribution in [-0.2, 0) is 16.6 Å². The predicted octanol–water partition coefficient (Wildman–Crippen LogP) is 2.11. The van der Waals surface area contributed by atoms with Gasteiger partial charge in [-0.05, 0) is 31.2 Å². The van der Waals surface area contributed by atoms with Gasteiger partial charge in [-0.25, -0.2) is 13.1 Å². The van der Waals surface area contributed by atoms with Crippen LogP contribution in [0.1, 0.15) is 11.5 Å². The summed E-state index contributed by atoms with van der Waals surface area (Å²) < 4.78 is 31.1. The highest BCUT2D eigenvalue weighted by molar-refractivity contribution is 7.89. The number of sulfonamides is 1. The van der Waals surface area contributed by atoms with Crippen LogP contribution in [-0.4, -0.2) is 13.6 Å². The van der Waals surface area contributed by atoms with E-state index in [1.54, 1.807) is 13.0 Å². The molecule has 0 radical (unpaired) electrons. The summed E-state index contributed by atoms with van der Waals surface area (Å²) in [7, 11) is -3.56. The van der Waals surface area contributed by atoms with Crippen LogP contribution in [0.3, 0.4) is 0 Å². The van der Waals surface area contributed by atoms with Crippen molar-refractivity contribution in [2.24, 2.45) is 0 Å². The fourth-order valence-corrected chi connectivity index (χ4v) is 2.49. The van der Waals surface area contributed by atoms with Crippen molar-refractivity contribution in [2.75, 3.05) is 0 Å². The van der Waals surface area contributed by atoms with Crippen LogP contribution in [0, 0.1) is 6.92 Å².